The van der Waals surface area contributed by atoms with Gasteiger partial charge in [-0.3, -0.25) is 9.11 Å². The lowest BCUT2D eigenvalue weighted by molar-refractivity contribution is 0.465. The number of rotatable bonds is 5. The zero-order chi connectivity index (χ0) is 11.6. The Kier molecular flexibility index (Phi) is 4.50. The summed E-state index contributed by atoms with van der Waals surface area (Å²) < 4.78 is 58.9. The van der Waals surface area contributed by atoms with Crippen molar-refractivity contribution in [3.8, 4) is 0 Å². The maximum absolute atomic E-state index is 10.6. The zero-order valence-corrected chi connectivity index (χ0v) is 9.47. The minimum atomic E-state index is -4.18. The van der Waals surface area contributed by atoms with Gasteiger partial charge in [0.1, 0.15) is 0 Å². The van der Waals surface area contributed by atoms with Crippen LogP contribution >= 0.6 is 0 Å². The molecular weight excluding hydrogens is 232 g/mol. The third-order valence-corrected chi connectivity index (χ3v) is 3.91. The van der Waals surface area contributed by atoms with Gasteiger partial charge in [0, 0.05) is 0 Å². The second-order valence-electron chi connectivity index (χ2n) is 3.04. The van der Waals surface area contributed by atoms with Gasteiger partial charge in [-0.1, -0.05) is 6.92 Å². The molecule has 85 valence electrons. The van der Waals surface area contributed by atoms with E-state index in [0.29, 0.717) is 0 Å². The second kappa shape index (κ2) is 4.56. The van der Waals surface area contributed by atoms with Crippen molar-refractivity contribution in [2.45, 2.75) is 25.5 Å². The second-order valence-corrected chi connectivity index (χ2v) is 6.35. The smallest absolute Gasteiger partial charge is 0.268 e. The molecule has 0 rings (SSSR count). The predicted molar refractivity (Wildman–Crippen MR) is 51.0 cm³/mol. The van der Waals surface area contributed by atoms with E-state index in [0.717, 1.165) is 0 Å². The summed E-state index contributed by atoms with van der Waals surface area (Å²) >= 11 is 0. The molecule has 0 aliphatic heterocycles. The van der Waals surface area contributed by atoms with Gasteiger partial charge in [0.15, 0.2) is 0 Å². The third kappa shape index (κ3) is 5.53. The molecule has 0 bridgehead atoms. The van der Waals surface area contributed by atoms with E-state index in [1.807, 2.05) is 0 Å². The Hall–Kier alpha value is -0.180. The standard InChI is InChI=1S/C6H13O6S2/c1-5(3-4-13(7,8)9)6(2)14(10,11)12/h6H,3-4H2,1-2H3,(H,7,8,9)(H,10,11,12). The van der Waals surface area contributed by atoms with Gasteiger partial charge in [-0.15, -0.1) is 0 Å². The lowest BCUT2D eigenvalue weighted by Crippen LogP contribution is -2.24. The molecule has 1 unspecified atom stereocenters. The van der Waals surface area contributed by atoms with Gasteiger partial charge in [0.2, 0.25) is 0 Å². The summed E-state index contributed by atoms with van der Waals surface area (Å²) in [5.74, 6) is -0.260. The molecule has 8 heteroatoms. The summed E-state index contributed by atoms with van der Waals surface area (Å²) in [6, 6.07) is 0. The van der Waals surface area contributed by atoms with Crippen LogP contribution in [0.4, 0.5) is 0 Å². The highest BCUT2D eigenvalue weighted by molar-refractivity contribution is 7.86. The average molecular weight is 245 g/mol. The lowest BCUT2D eigenvalue weighted by Gasteiger charge is -2.15. The van der Waals surface area contributed by atoms with Crippen molar-refractivity contribution in [1.82, 2.24) is 0 Å². The molecule has 0 aromatic heterocycles. The molecule has 0 saturated heterocycles. The molecule has 0 aliphatic carbocycles. The summed E-state index contributed by atoms with van der Waals surface area (Å²) in [5.41, 5.74) is 0. The molecule has 1 radical (unpaired) electrons. The molecule has 0 aliphatic rings. The largest absolute Gasteiger partial charge is 0.286 e. The third-order valence-electron chi connectivity index (χ3n) is 1.90. The van der Waals surface area contributed by atoms with Crippen molar-refractivity contribution in [3.05, 3.63) is 5.92 Å². The highest BCUT2D eigenvalue weighted by atomic mass is 32.2. The quantitative estimate of drug-likeness (QED) is 0.667. The summed E-state index contributed by atoms with van der Waals surface area (Å²) in [6.07, 6.45) is -0.0974. The summed E-state index contributed by atoms with van der Waals surface area (Å²) in [7, 11) is -8.28. The van der Waals surface area contributed by atoms with Crippen molar-refractivity contribution < 1.29 is 25.9 Å². The predicted octanol–water partition coefficient (Wildman–Crippen LogP) is 0.135. The van der Waals surface area contributed by atoms with Crippen molar-refractivity contribution in [3.63, 3.8) is 0 Å². The maximum Gasteiger partial charge on any atom is 0.268 e. The average Bonchev–Trinajstić information content (AvgIpc) is 1.95. The topological polar surface area (TPSA) is 109 Å². The van der Waals surface area contributed by atoms with Crippen LogP contribution < -0.4 is 0 Å². The van der Waals surface area contributed by atoms with Gasteiger partial charge in [-0.25, -0.2) is 0 Å². The SMILES string of the molecule is C[C](CCS(=O)(=O)O)C(C)S(=O)(=O)O. The molecule has 6 nitrogen and oxygen atoms in total. The normalized spacial score (nSPS) is 15.8. The van der Waals surface area contributed by atoms with E-state index in [2.05, 4.69) is 0 Å². The van der Waals surface area contributed by atoms with Gasteiger partial charge in [-0.2, -0.15) is 16.8 Å². The lowest BCUT2D eigenvalue weighted by atomic mass is 10.1. The molecule has 0 aromatic rings. The van der Waals surface area contributed by atoms with Gasteiger partial charge in [0.25, 0.3) is 20.2 Å². The van der Waals surface area contributed by atoms with Crippen LogP contribution in [0.1, 0.15) is 20.3 Å². The van der Waals surface area contributed by atoms with Crippen LogP contribution in [0.5, 0.6) is 0 Å². The van der Waals surface area contributed by atoms with Gasteiger partial charge in [0.05, 0.1) is 11.0 Å². The Bertz CT molecular complexity index is 367. The number of hydrogen-bond acceptors (Lipinski definition) is 4. The Morgan fingerprint density at radius 2 is 1.64 bits per heavy atom. The van der Waals surface area contributed by atoms with Crippen LogP contribution in [0.3, 0.4) is 0 Å². The molecule has 0 amide bonds. The van der Waals surface area contributed by atoms with E-state index in [1.165, 1.54) is 13.8 Å². The number of hydrogen-bond donors (Lipinski definition) is 2. The fraction of sp³-hybridized carbons (Fsp3) is 0.833. The highest BCUT2D eigenvalue weighted by Gasteiger charge is 2.25. The molecular formula is C6H13O6S2. The fourth-order valence-electron chi connectivity index (χ4n) is 0.747. The minimum Gasteiger partial charge on any atom is -0.286 e. The Morgan fingerprint density at radius 3 is 1.93 bits per heavy atom. The fourth-order valence-corrected chi connectivity index (χ4v) is 1.95. The Balaban J connectivity index is 4.31. The molecule has 0 heterocycles. The van der Waals surface area contributed by atoms with E-state index in [-0.39, 0.29) is 12.3 Å². The first-order chi connectivity index (χ1) is 6.04. The minimum absolute atomic E-state index is 0.0974. The van der Waals surface area contributed by atoms with E-state index >= 15 is 0 Å². The van der Waals surface area contributed by atoms with Crippen LogP contribution in [0.2, 0.25) is 0 Å². The van der Waals surface area contributed by atoms with E-state index < -0.39 is 31.2 Å². The van der Waals surface area contributed by atoms with Gasteiger partial charge in [-0.05, 0) is 19.3 Å². The van der Waals surface area contributed by atoms with Gasteiger partial charge >= 0.3 is 0 Å². The Labute approximate surface area is 83.8 Å². The molecule has 0 aromatic carbocycles. The molecule has 1 atom stereocenters. The summed E-state index contributed by atoms with van der Waals surface area (Å²) in [4.78, 5) is 0. The van der Waals surface area contributed by atoms with E-state index in [9.17, 15) is 16.8 Å². The van der Waals surface area contributed by atoms with Crippen LogP contribution in [0.15, 0.2) is 0 Å². The van der Waals surface area contributed by atoms with Crippen LogP contribution in [-0.2, 0) is 20.2 Å². The van der Waals surface area contributed by atoms with Crippen LogP contribution in [-0.4, -0.2) is 36.9 Å². The van der Waals surface area contributed by atoms with Crippen molar-refractivity contribution >= 4 is 20.2 Å². The highest BCUT2D eigenvalue weighted by Crippen LogP contribution is 2.17. The summed E-state index contributed by atoms with van der Waals surface area (Å²) in [6.45, 7) is 2.65. The molecule has 0 saturated carbocycles. The molecule has 0 fully saturated rings. The monoisotopic (exact) mass is 245 g/mol. The Morgan fingerprint density at radius 1 is 1.21 bits per heavy atom. The zero-order valence-electron chi connectivity index (χ0n) is 7.84. The van der Waals surface area contributed by atoms with Crippen molar-refractivity contribution in [2.75, 3.05) is 5.75 Å². The molecule has 14 heavy (non-hydrogen) atoms. The van der Waals surface area contributed by atoms with Crippen LogP contribution in [0.25, 0.3) is 0 Å². The van der Waals surface area contributed by atoms with E-state index in [4.69, 9.17) is 9.11 Å². The first-order valence-corrected chi connectivity index (χ1v) is 6.89. The van der Waals surface area contributed by atoms with Crippen molar-refractivity contribution in [2.24, 2.45) is 0 Å². The van der Waals surface area contributed by atoms with Crippen molar-refractivity contribution in [1.29, 1.82) is 0 Å². The van der Waals surface area contributed by atoms with E-state index in [1.54, 1.807) is 0 Å². The first-order valence-electron chi connectivity index (χ1n) is 3.78. The molecule has 2 N–H and O–H groups in total. The maximum atomic E-state index is 10.6. The summed E-state index contributed by atoms with van der Waals surface area (Å²) in [5, 5.41) is -1.12. The van der Waals surface area contributed by atoms with Gasteiger partial charge < -0.3 is 0 Å². The first kappa shape index (κ1) is 13.8. The molecule has 0 spiro atoms. The van der Waals surface area contributed by atoms with Crippen LogP contribution in [0, 0.1) is 5.92 Å².